The van der Waals surface area contributed by atoms with Crippen molar-refractivity contribution in [1.82, 2.24) is 4.98 Å². The molecule has 0 saturated carbocycles. The fourth-order valence-corrected chi connectivity index (χ4v) is 1.29. The van der Waals surface area contributed by atoms with Crippen molar-refractivity contribution in [2.45, 2.75) is 13.8 Å². The first-order valence-electron chi connectivity index (χ1n) is 4.24. The van der Waals surface area contributed by atoms with E-state index in [1.807, 2.05) is 6.92 Å². The van der Waals surface area contributed by atoms with Crippen LogP contribution in [0.5, 0.6) is 0 Å². The summed E-state index contributed by atoms with van der Waals surface area (Å²) in [5.41, 5.74) is 3.29. The number of aryl methyl sites for hydroxylation is 2. The number of aromatic nitrogens is 1. The van der Waals surface area contributed by atoms with Gasteiger partial charge in [0.05, 0.1) is 0 Å². The van der Waals surface area contributed by atoms with Crippen molar-refractivity contribution < 1.29 is 4.42 Å². The lowest BCUT2D eigenvalue weighted by molar-refractivity contribution is 0.527. The van der Waals surface area contributed by atoms with E-state index in [1.54, 1.807) is 0 Å². The zero-order valence-corrected chi connectivity index (χ0v) is 7.74. The van der Waals surface area contributed by atoms with Crippen LogP contribution in [0.2, 0.25) is 0 Å². The highest BCUT2D eigenvalue weighted by atomic mass is 16.3. The Labute approximate surface area is 77.2 Å². The van der Waals surface area contributed by atoms with Crippen LogP contribution in [0, 0.1) is 13.8 Å². The molecular weight excluding hydrogens is 162 g/mol. The summed E-state index contributed by atoms with van der Waals surface area (Å²) in [5, 5.41) is 0. The van der Waals surface area contributed by atoms with Gasteiger partial charge in [0.2, 0.25) is 0 Å². The van der Waals surface area contributed by atoms with Crippen molar-refractivity contribution in [2.24, 2.45) is 0 Å². The van der Waals surface area contributed by atoms with Crippen LogP contribution in [-0.2, 0) is 0 Å². The summed E-state index contributed by atoms with van der Waals surface area (Å²) in [6.07, 6.45) is 1.48. The Morgan fingerprint density at radius 1 is 1.08 bits per heavy atom. The first-order valence-corrected chi connectivity index (χ1v) is 4.24. The second-order valence-corrected chi connectivity index (χ2v) is 3.12. The lowest BCUT2D eigenvalue weighted by Gasteiger charge is -1.97. The zero-order chi connectivity index (χ0) is 9.26. The summed E-state index contributed by atoms with van der Waals surface area (Å²) < 4.78 is 5.14. The predicted molar refractivity (Wildman–Crippen MR) is 51.4 cm³/mol. The average Bonchev–Trinajstić information content (AvgIpc) is 2.53. The van der Waals surface area contributed by atoms with Gasteiger partial charge in [0.15, 0.2) is 6.39 Å². The van der Waals surface area contributed by atoms with Crippen LogP contribution in [0.25, 0.3) is 11.3 Å². The van der Waals surface area contributed by atoms with E-state index in [0.29, 0.717) is 0 Å². The van der Waals surface area contributed by atoms with Gasteiger partial charge in [-0.3, -0.25) is 0 Å². The van der Waals surface area contributed by atoms with Crippen LogP contribution in [0.3, 0.4) is 0 Å². The second-order valence-electron chi connectivity index (χ2n) is 3.12. The lowest BCUT2D eigenvalue weighted by Crippen LogP contribution is -1.80. The molecule has 2 rings (SSSR count). The Balaban J connectivity index is 2.47. The molecule has 0 amide bonds. The standard InChI is InChI=1S/C11H11NO/c1-8-3-5-10(6-4-8)11-9(2)13-7-12-11/h3-7H,1-2H3. The van der Waals surface area contributed by atoms with Gasteiger partial charge in [-0.05, 0) is 13.8 Å². The van der Waals surface area contributed by atoms with Gasteiger partial charge in [-0.1, -0.05) is 29.8 Å². The number of oxazole rings is 1. The van der Waals surface area contributed by atoms with Gasteiger partial charge in [-0.25, -0.2) is 4.98 Å². The lowest BCUT2D eigenvalue weighted by atomic mass is 10.1. The number of hydrogen-bond acceptors (Lipinski definition) is 2. The number of nitrogens with zero attached hydrogens (tertiary/aromatic N) is 1. The Bertz CT molecular complexity index is 400. The van der Waals surface area contributed by atoms with Crippen LogP contribution in [-0.4, -0.2) is 4.98 Å². The van der Waals surface area contributed by atoms with E-state index in [9.17, 15) is 0 Å². The molecule has 13 heavy (non-hydrogen) atoms. The Morgan fingerprint density at radius 3 is 2.31 bits per heavy atom. The van der Waals surface area contributed by atoms with Gasteiger partial charge in [0.1, 0.15) is 11.5 Å². The third-order valence-electron chi connectivity index (χ3n) is 2.07. The molecule has 0 atom stereocenters. The molecule has 0 saturated heterocycles. The Kier molecular flexibility index (Phi) is 1.89. The van der Waals surface area contributed by atoms with E-state index in [0.717, 1.165) is 17.0 Å². The highest BCUT2D eigenvalue weighted by Gasteiger charge is 2.04. The quantitative estimate of drug-likeness (QED) is 0.662. The van der Waals surface area contributed by atoms with E-state index >= 15 is 0 Å². The van der Waals surface area contributed by atoms with E-state index in [1.165, 1.54) is 12.0 Å². The molecule has 0 unspecified atom stereocenters. The summed E-state index contributed by atoms with van der Waals surface area (Å²) in [4.78, 5) is 4.15. The first kappa shape index (κ1) is 8.05. The number of benzene rings is 1. The molecule has 66 valence electrons. The number of hydrogen-bond donors (Lipinski definition) is 0. The molecular formula is C11H11NO. The Morgan fingerprint density at radius 2 is 1.77 bits per heavy atom. The van der Waals surface area contributed by atoms with Crippen LogP contribution in [0.1, 0.15) is 11.3 Å². The molecule has 1 heterocycles. The van der Waals surface area contributed by atoms with E-state index in [2.05, 4.69) is 36.2 Å². The van der Waals surface area contributed by atoms with Gasteiger partial charge in [-0.2, -0.15) is 0 Å². The fourth-order valence-electron chi connectivity index (χ4n) is 1.29. The minimum absolute atomic E-state index is 0.865. The average molecular weight is 173 g/mol. The molecule has 2 aromatic rings. The zero-order valence-electron chi connectivity index (χ0n) is 7.74. The summed E-state index contributed by atoms with van der Waals surface area (Å²) >= 11 is 0. The van der Waals surface area contributed by atoms with Crippen molar-refractivity contribution in [3.63, 3.8) is 0 Å². The molecule has 0 radical (unpaired) electrons. The van der Waals surface area contributed by atoms with Gasteiger partial charge in [0, 0.05) is 5.56 Å². The predicted octanol–water partition coefficient (Wildman–Crippen LogP) is 2.96. The normalized spacial score (nSPS) is 10.3. The highest BCUT2D eigenvalue weighted by Crippen LogP contribution is 2.21. The molecule has 0 aliphatic heterocycles. The minimum Gasteiger partial charge on any atom is -0.448 e. The van der Waals surface area contributed by atoms with Crippen molar-refractivity contribution in [3.05, 3.63) is 42.0 Å². The largest absolute Gasteiger partial charge is 0.448 e. The van der Waals surface area contributed by atoms with E-state index in [4.69, 9.17) is 4.42 Å². The summed E-state index contributed by atoms with van der Waals surface area (Å²) in [7, 11) is 0. The molecule has 1 aromatic heterocycles. The fraction of sp³-hybridized carbons (Fsp3) is 0.182. The highest BCUT2D eigenvalue weighted by molar-refractivity contribution is 5.60. The van der Waals surface area contributed by atoms with E-state index in [-0.39, 0.29) is 0 Å². The molecule has 2 nitrogen and oxygen atoms in total. The van der Waals surface area contributed by atoms with Gasteiger partial charge >= 0.3 is 0 Å². The summed E-state index contributed by atoms with van der Waals surface area (Å²) in [6, 6.07) is 8.26. The van der Waals surface area contributed by atoms with Crippen molar-refractivity contribution >= 4 is 0 Å². The van der Waals surface area contributed by atoms with Crippen LogP contribution in [0.15, 0.2) is 35.1 Å². The SMILES string of the molecule is Cc1ccc(-c2ncoc2C)cc1. The topological polar surface area (TPSA) is 26.0 Å². The molecule has 0 bridgehead atoms. The van der Waals surface area contributed by atoms with Crippen molar-refractivity contribution in [1.29, 1.82) is 0 Å². The molecule has 1 aromatic carbocycles. The van der Waals surface area contributed by atoms with Crippen LogP contribution < -0.4 is 0 Å². The van der Waals surface area contributed by atoms with Gasteiger partial charge in [0.25, 0.3) is 0 Å². The molecule has 0 aliphatic rings. The molecule has 0 spiro atoms. The number of rotatable bonds is 1. The van der Waals surface area contributed by atoms with Gasteiger partial charge < -0.3 is 4.42 Å². The maximum Gasteiger partial charge on any atom is 0.181 e. The second kappa shape index (κ2) is 3.05. The third-order valence-corrected chi connectivity index (χ3v) is 2.07. The minimum atomic E-state index is 0.865. The first-order chi connectivity index (χ1) is 6.27. The Hall–Kier alpha value is -1.57. The van der Waals surface area contributed by atoms with Gasteiger partial charge in [-0.15, -0.1) is 0 Å². The van der Waals surface area contributed by atoms with Crippen molar-refractivity contribution in [2.75, 3.05) is 0 Å². The third kappa shape index (κ3) is 1.47. The van der Waals surface area contributed by atoms with E-state index < -0.39 is 0 Å². The summed E-state index contributed by atoms with van der Waals surface area (Å²) in [6.45, 7) is 3.99. The van der Waals surface area contributed by atoms with Crippen LogP contribution >= 0.6 is 0 Å². The molecule has 0 aliphatic carbocycles. The maximum absolute atomic E-state index is 5.14. The molecule has 2 heteroatoms. The smallest absolute Gasteiger partial charge is 0.181 e. The molecule has 0 fully saturated rings. The molecule has 0 N–H and O–H groups in total. The van der Waals surface area contributed by atoms with Crippen molar-refractivity contribution in [3.8, 4) is 11.3 Å². The monoisotopic (exact) mass is 173 g/mol. The van der Waals surface area contributed by atoms with Crippen LogP contribution in [0.4, 0.5) is 0 Å². The maximum atomic E-state index is 5.14. The summed E-state index contributed by atoms with van der Waals surface area (Å²) in [5.74, 6) is 0.865.